The maximum absolute atomic E-state index is 12.7. The summed E-state index contributed by atoms with van der Waals surface area (Å²) in [6.45, 7) is 4.81. The first-order chi connectivity index (χ1) is 11.5. The number of carbonyl (C=O) groups is 2. The molecule has 1 N–H and O–H groups in total. The van der Waals surface area contributed by atoms with Crippen LogP contribution in [0.15, 0.2) is 5.10 Å². The Morgan fingerprint density at radius 2 is 1.92 bits per heavy atom. The van der Waals surface area contributed by atoms with Gasteiger partial charge in [0.1, 0.15) is 0 Å². The van der Waals surface area contributed by atoms with Crippen LogP contribution in [-0.2, 0) is 9.59 Å². The van der Waals surface area contributed by atoms with Crippen LogP contribution in [0.1, 0.15) is 38.5 Å². The lowest BCUT2D eigenvalue weighted by Crippen LogP contribution is -2.65. The summed E-state index contributed by atoms with van der Waals surface area (Å²) in [7, 11) is 4.37. The molecule has 2 fully saturated rings. The van der Waals surface area contributed by atoms with E-state index in [2.05, 4.69) is 34.4 Å². The summed E-state index contributed by atoms with van der Waals surface area (Å²) in [5.41, 5.74) is 3.59. The molecule has 1 spiro atoms. The lowest BCUT2D eigenvalue weighted by molar-refractivity contribution is -0.137. The fourth-order valence-electron chi connectivity index (χ4n) is 3.95. The van der Waals surface area contributed by atoms with E-state index >= 15 is 0 Å². The van der Waals surface area contributed by atoms with E-state index in [9.17, 15) is 9.59 Å². The van der Waals surface area contributed by atoms with E-state index < -0.39 is 0 Å². The average molecular weight is 335 g/mol. The number of hydrogen-bond donors (Lipinski definition) is 1. The lowest BCUT2D eigenvalue weighted by atomic mass is 9.83. The van der Waals surface area contributed by atoms with E-state index in [1.807, 2.05) is 4.90 Å². The van der Waals surface area contributed by atoms with Gasteiger partial charge in [0, 0.05) is 43.7 Å². The minimum Gasteiger partial charge on any atom is -0.340 e. The SMILES string of the molecule is CN1CCC2(CC1)CN(C(=O)CCC1=NNC(=O)CC1)CCN2C. The number of nitrogens with zero attached hydrogens (tertiary/aromatic N) is 4. The molecule has 7 nitrogen and oxygen atoms in total. The van der Waals surface area contributed by atoms with Gasteiger partial charge >= 0.3 is 0 Å². The van der Waals surface area contributed by atoms with Gasteiger partial charge in [-0.3, -0.25) is 14.5 Å². The summed E-state index contributed by atoms with van der Waals surface area (Å²) in [4.78, 5) is 30.7. The molecule has 0 saturated carbocycles. The molecule has 7 heteroatoms. The summed E-state index contributed by atoms with van der Waals surface area (Å²) in [6.07, 6.45) is 4.57. The number of likely N-dealkylation sites (tertiary alicyclic amines) is 1. The minimum absolute atomic E-state index is 0.0339. The minimum atomic E-state index is -0.0339. The second-order valence-electron chi connectivity index (χ2n) is 7.48. The molecule has 134 valence electrons. The van der Waals surface area contributed by atoms with Crippen molar-refractivity contribution >= 4 is 17.5 Å². The van der Waals surface area contributed by atoms with E-state index in [0.717, 1.165) is 51.3 Å². The van der Waals surface area contributed by atoms with Crippen LogP contribution in [0, 0.1) is 0 Å². The number of rotatable bonds is 3. The Morgan fingerprint density at radius 1 is 1.17 bits per heavy atom. The number of likely N-dealkylation sites (N-methyl/N-ethyl adjacent to an activating group) is 1. The molecular weight excluding hydrogens is 306 g/mol. The largest absolute Gasteiger partial charge is 0.340 e. The van der Waals surface area contributed by atoms with Crippen LogP contribution in [0.3, 0.4) is 0 Å². The zero-order chi connectivity index (χ0) is 17.2. The van der Waals surface area contributed by atoms with E-state index in [4.69, 9.17) is 0 Å². The third-order valence-electron chi connectivity index (χ3n) is 5.88. The van der Waals surface area contributed by atoms with Crippen LogP contribution in [0.25, 0.3) is 0 Å². The molecule has 3 aliphatic heterocycles. The second-order valence-corrected chi connectivity index (χ2v) is 7.48. The molecule has 3 aliphatic rings. The average Bonchev–Trinajstić information content (AvgIpc) is 2.59. The van der Waals surface area contributed by atoms with Gasteiger partial charge in [0.05, 0.1) is 0 Å². The molecular formula is C17H29N5O2. The number of carbonyl (C=O) groups excluding carboxylic acids is 2. The number of nitrogens with one attached hydrogen (secondary N) is 1. The van der Waals surface area contributed by atoms with Gasteiger partial charge in [0.25, 0.3) is 0 Å². The topological polar surface area (TPSA) is 68.2 Å². The number of hydrazone groups is 1. The molecule has 0 aliphatic carbocycles. The molecule has 0 unspecified atom stereocenters. The highest BCUT2D eigenvalue weighted by molar-refractivity contribution is 5.94. The summed E-state index contributed by atoms with van der Waals surface area (Å²) in [6, 6.07) is 0. The maximum atomic E-state index is 12.7. The normalized spacial score (nSPS) is 25.5. The molecule has 2 amide bonds. The number of hydrogen-bond acceptors (Lipinski definition) is 5. The van der Waals surface area contributed by atoms with E-state index in [-0.39, 0.29) is 17.4 Å². The predicted molar refractivity (Wildman–Crippen MR) is 92.7 cm³/mol. The van der Waals surface area contributed by atoms with Crippen molar-refractivity contribution in [3.8, 4) is 0 Å². The fourth-order valence-corrected chi connectivity index (χ4v) is 3.95. The standard InChI is InChI=1S/C17H29N5O2/c1-20-9-7-17(8-10-20)13-22(12-11-21(17)2)16(24)6-4-14-3-5-15(23)19-18-14/h3-13H2,1-2H3,(H,19,23). The highest BCUT2D eigenvalue weighted by atomic mass is 16.2. The van der Waals surface area contributed by atoms with Crippen molar-refractivity contribution in [2.75, 3.05) is 46.8 Å². The van der Waals surface area contributed by atoms with E-state index in [0.29, 0.717) is 25.7 Å². The molecule has 24 heavy (non-hydrogen) atoms. The van der Waals surface area contributed by atoms with Crippen LogP contribution >= 0.6 is 0 Å². The Labute approximate surface area is 144 Å². The van der Waals surface area contributed by atoms with Crippen molar-refractivity contribution < 1.29 is 9.59 Å². The van der Waals surface area contributed by atoms with Crippen molar-refractivity contribution in [1.29, 1.82) is 0 Å². The first kappa shape index (κ1) is 17.4. The van der Waals surface area contributed by atoms with Gasteiger partial charge in [-0.25, -0.2) is 5.43 Å². The van der Waals surface area contributed by atoms with E-state index in [1.54, 1.807) is 0 Å². The van der Waals surface area contributed by atoms with Crippen molar-refractivity contribution in [3.63, 3.8) is 0 Å². The van der Waals surface area contributed by atoms with Gasteiger partial charge in [-0.05, 0) is 52.9 Å². The summed E-state index contributed by atoms with van der Waals surface area (Å²) in [5.74, 6) is 0.189. The van der Waals surface area contributed by atoms with Crippen molar-refractivity contribution in [1.82, 2.24) is 20.1 Å². The van der Waals surface area contributed by atoms with Crippen LogP contribution in [0.5, 0.6) is 0 Å². The molecule has 0 aromatic carbocycles. The summed E-state index contributed by atoms with van der Waals surface area (Å²) < 4.78 is 0. The molecule has 0 atom stereocenters. The first-order valence-electron chi connectivity index (χ1n) is 9.00. The monoisotopic (exact) mass is 335 g/mol. The van der Waals surface area contributed by atoms with Gasteiger partial charge in [0.2, 0.25) is 11.8 Å². The van der Waals surface area contributed by atoms with Crippen LogP contribution in [-0.4, -0.2) is 84.6 Å². The summed E-state index contributed by atoms with van der Waals surface area (Å²) in [5, 5.41) is 4.06. The van der Waals surface area contributed by atoms with E-state index in [1.165, 1.54) is 0 Å². The molecule has 3 rings (SSSR count). The Hall–Kier alpha value is -1.47. The first-order valence-corrected chi connectivity index (χ1v) is 9.00. The van der Waals surface area contributed by atoms with Crippen molar-refractivity contribution in [2.24, 2.45) is 5.10 Å². The predicted octanol–water partition coefficient (Wildman–Crippen LogP) is 0.271. The van der Waals surface area contributed by atoms with Crippen LogP contribution in [0.2, 0.25) is 0 Å². The van der Waals surface area contributed by atoms with Crippen molar-refractivity contribution in [3.05, 3.63) is 0 Å². The quantitative estimate of drug-likeness (QED) is 0.804. The Bertz CT molecular complexity index is 525. The molecule has 0 aromatic heterocycles. The molecule has 3 heterocycles. The lowest BCUT2D eigenvalue weighted by Gasteiger charge is -2.52. The molecule has 0 aromatic rings. The van der Waals surface area contributed by atoms with Crippen LogP contribution in [0.4, 0.5) is 0 Å². The zero-order valence-electron chi connectivity index (χ0n) is 14.9. The van der Waals surface area contributed by atoms with Gasteiger partial charge < -0.3 is 9.80 Å². The number of piperidine rings is 1. The second kappa shape index (κ2) is 7.19. The van der Waals surface area contributed by atoms with Gasteiger partial charge in [-0.1, -0.05) is 0 Å². The smallest absolute Gasteiger partial charge is 0.240 e. The zero-order valence-corrected chi connectivity index (χ0v) is 14.9. The van der Waals surface area contributed by atoms with Crippen LogP contribution < -0.4 is 5.43 Å². The third-order valence-corrected chi connectivity index (χ3v) is 5.88. The van der Waals surface area contributed by atoms with Gasteiger partial charge in [-0.2, -0.15) is 5.10 Å². The number of piperazine rings is 1. The van der Waals surface area contributed by atoms with Gasteiger partial charge in [-0.15, -0.1) is 0 Å². The fraction of sp³-hybridized carbons (Fsp3) is 0.824. The highest BCUT2D eigenvalue weighted by Gasteiger charge is 2.42. The van der Waals surface area contributed by atoms with Gasteiger partial charge in [0.15, 0.2) is 0 Å². The Balaban J connectivity index is 1.54. The Morgan fingerprint density at radius 3 is 2.58 bits per heavy atom. The molecule has 0 radical (unpaired) electrons. The summed E-state index contributed by atoms with van der Waals surface area (Å²) >= 11 is 0. The third kappa shape index (κ3) is 3.78. The molecule has 2 saturated heterocycles. The number of amides is 2. The maximum Gasteiger partial charge on any atom is 0.240 e. The van der Waals surface area contributed by atoms with Crippen molar-refractivity contribution in [2.45, 2.75) is 44.1 Å². The Kier molecular flexibility index (Phi) is 5.20. The highest BCUT2D eigenvalue weighted by Crippen LogP contribution is 2.31. The molecule has 0 bridgehead atoms.